The number of β-amino-alcohol motifs (C(OH)–C–C–N with tert-alkyl or cyclic N) is 1. The van der Waals surface area contributed by atoms with Gasteiger partial charge in [-0.2, -0.15) is 0 Å². The Labute approximate surface area is 122 Å². The van der Waals surface area contributed by atoms with Gasteiger partial charge in [-0.05, 0) is 17.9 Å². The van der Waals surface area contributed by atoms with Crippen molar-refractivity contribution in [2.75, 3.05) is 45.9 Å². The van der Waals surface area contributed by atoms with Crippen molar-refractivity contribution >= 4 is 17.2 Å². The first-order chi connectivity index (χ1) is 9.66. The maximum absolute atomic E-state index is 12.3. The smallest absolute Gasteiger partial charge is 0.264 e. The third-order valence-electron chi connectivity index (χ3n) is 3.97. The molecule has 2 aliphatic heterocycles. The number of hydrogen-bond donors (Lipinski definition) is 1. The molecule has 110 valence electrons. The Balaban J connectivity index is 1.59. The number of ether oxygens (including phenoxy) is 1. The van der Waals surface area contributed by atoms with Gasteiger partial charge in [-0.3, -0.25) is 9.69 Å². The molecule has 1 amide bonds. The molecule has 2 aliphatic rings. The van der Waals surface area contributed by atoms with Gasteiger partial charge in [0.15, 0.2) is 0 Å². The first-order valence-electron chi connectivity index (χ1n) is 7.02. The number of carbonyl (C=O) groups excluding carboxylic acids is 1. The van der Waals surface area contributed by atoms with Gasteiger partial charge < -0.3 is 14.7 Å². The van der Waals surface area contributed by atoms with E-state index in [1.807, 2.05) is 17.5 Å². The minimum Gasteiger partial charge on any atom is -0.387 e. The molecular weight excluding hydrogens is 276 g/mol. The molecule has 3 rings (SSSR count). The molecule has 5 nitrogen and oxygen atoms in total. The fourth-order valence-electron chi connectivity index (χ4n) is 2.89. The Bertz CT molecular complexity index is 459. The summed E-state index contributed by atoms with van der Waals surface area (Å²) in [5.74, 6) is 0.0397. The number of carbonyl (C=O) groups is 1. The number of aliphatic hydroxyl groups is 1. The van der Waals surface area contributed by atoms with Crippen LogP contribution < -0.4 is 0 Å². The Morgan fingerprint density at radius 1 is 1.40 bits per heavy atom. The molecule has 0 aromatic carbocycles. The fourth-order valence-corrected chi connectivity index (χ4v) is 3.58. The molecule has 20 heavy (non-hydrogen) atoms. The van der Waals surface area contributed by atoms with Crippen molar-refractivity contribution < 1.29 is 14.6 Å². The average Bonchev–Trinajstić information content (AvgIpc) is 3.09. The molecule has 0 spiro atoms. The lowest BCUT2D eigenvalue weighted by Crippen LogP contribution is -2.49. The van der Waals surface area contributed by atoms with Crippen LogP contribution in [0.4, 0.5) is 0 Å². The highest BCUT2D eigenvalue weighted by molar-refractivity contribution is 7.12. The molecule has 0 radical (unpaired) electrons. The van der Waals surface area contributed by atoms with Crippen LogP contribution in [0.1, 0.15) is 16.1 Å². The van der Waals surface area contributed by atoms with Gasteiger partial charge in [0.1, 0.15) is 0 Å². The van der Waals surface area contributed by atoms with Crippen molar-refractivity contribution in [3.05, 3.63) is 22.4 Å². The Kier molecular flexibility index (Phi) is 4.07. The summed E-state index contributed by atoms with van der Waals surface area (Å²) in [6.07, 6.45) is 0.654. The molecule has 1 aromatic heterocycles. The Morgan fingerprint density at radius 3 is 2.90 bits per heavy atom. The number of morpholine rings is 1. The van der Waals surface area contributed by atoms with Crippen LogP contribution in [0.5, 0.6) is 0 Å². The molecule has 2 fully saturated rings. The Morgan fingerprint density at radius 2 is 2.20 bits per heavy atom. The summed E-state index contributed by atoms with van der Waals surface area (Å²) in [4.78, 5) is 17.0. The number of rotatable bonds is 3. The van der Waals surface area contributed by atoms with Crippen LogP contribution in [0.3, 0.4) is 0 Å². The van der Waals surface area contributed by atoms with E-state index in [1.165, 1.54) is 11.3 Å². The largest absolute Gasteiger partial charge is 0.387 e. The predicted molar refractivity (Wildman–Crippen MR) is 77.0 cm³/mol. The quantitative estimate of drug-likeness (QED) is 0.890. The van der Waals surface area contributed by atoms with E-state index in [4.69, 9.17) is 4.74 Å². The van der Waals surface area contributed by atoms with Crippen molar-refractivity contribution in [3.63, 3.8) is 0 Å². The molecule has 1 aromatic rings. The summed E-state index contributed by atoms with van der Waals surface area (Å²) in [6.45, 7) is 4.88. The van der Waals surface area contributed by atoms with Crippen LogP contribution in [0, 0.1) is 0 Å². The second-order valence-corrected chi connectivity index (χ2v) is 6.51. The number of thiophene rings is 1. The predicted octanol–water partition coefficient (Wildman–Crippen LogP) is 0.657. The third-order valence-corrected chi connectivity index (χ3v) is 4.83. The Hall–Kier alpha value is -0.950. The maximum atomic E-state index is 12.3. The van der Waals surface area contributed by atoms with E-state index in [9.17, 15) is 9.90 Å². The van der Waals surface area contributed by atoms with E-state index in [-0.39, 0.29) is 5.91 Å². The van der Waals surface area contributed by atoms with Crippen LogP contribution in [-0.4, -0.2) is 72.4 Å². The zero-order valence-corrected chi connectivity index (χ0v) is 12.3. The topological polar surface area (TPSA) is 53.0 Å². The molecule has 0 saturated carbocycles. The molecule has 1 atom stereocenters. The second kappa shape index (κ2) is 5.81. The van der Waals surface area contributed by atoms with Crippen molar-refractivity contribution in [1.82, 2.24) is 9.80 Å². The summed E-state index contributed by atoms with van der Waals surface area (Å²) >= 11 is 1.45. The van der Waals surface area contributed by atoms with Gasteiger partial charge in [0, 0.05) is 26.2 Å². The van der Waals surface area contributed by atoms with Gasteiger partial charge >= 0.3 is 0 Å². The van der Waals surface area contributed by atoms with Crippen LogP contribution in [0.15, 0.2) is 17.5 Å². The molecule has 0 aliphatic carbocycles. The van der Waals surface area contributed by atoms with Gasteiger partial charge in [0.2, 0.25) is 0 Å². The summed E-state index contributed by atoms with van der Waals surface area (Å²) in [5.41, 5.74) is -0.774. The minimum atomic E-state index is -0.774. The summed E-state index contributed by atoms with van der Waals surface area (Å²) in [6, 6.07) is 3.72. The van der Waals surface area contributed by atoms with Gasteiger partial charge in [-0.1, -0.05) is 6.07 Å². The normalized spacial score (nSPS) is 27.9. The molecule has 1 N–H and O–H groups in total. The van der Waals surface area contributed by atoms with E-state index in [1.54, 1.807) is 4.90 Å². The van der Waals surface area contributed by atoms with Gasteiger partial charge in [0.25, 0.3) is 5.91 Å². The maximum Gasteiger partial charge on any atom is 0.264 e. The van der Waals surface area contributed by atoms with Crippen molar-refractivity contribution in [1.29, 1.82) is 0 Å². The van der Waals surface area contributed by atoms with Crippen molar-refractivity contribution in [2.24, 2.45) is 0 Å². The monoisotopic (exact) mass is 296 g/mol. The van der Waals surface area contributed by atoms with Crippen molar-refractivity contribution in [2.45, 2.75) is 12.0 Å². The molecule has 2 saturated heterocycles. The number of likely N-dealkylation sites (tertiary alicyclic amines) is 1. The van der Waals surface area contributed by atoms with Crippen LogP contribution in [0.2, 0.25) is 0 Å². The lowest BCUT2D eigenvalue weighted by atomic mass is 10.0. The first-order valence-corrected chi connectivity index (χ1v) is 7.90. The van der Waals surface area contributed by atoms with Gasteiger partial charge in [-0.15, -0.1) is 11.3 Å². The van der Waals surface area contributed by atoms with Gasteiger partial charge in [-0.25, -0.2) is 0 Å². The van der Waals surface area contributed by atoms with Crippen molar-refractivity contribution in [3.8, 4) is 0 Å². The van der Waals surface area contributed by atoms with E-state index in [2.05, 4.69) is 4.90 Å². The molecular formula is C14H20N2O3S. The number of hydrogen-bond acceptors (Lipinski definition) is 5. The van der Waals surface area contributed by atoms with Gasteiger partial charge in [0.05, 0.1) is 30.2 Å². The van der Waals surface area contributed by atoms with E-state index in [0.717, 1.165) is 31.2 Å². The number of amides is 1. The van der Waals surface area contributed by atoms with E-state index in [0.29, 0.717) is 26.1 Å². The first kappa shape index (κ1) is 14.0. The fraction of sp³-hybridized carbons (Fsp3) is 0.643. The third kappa shape index (κ3) is 3.03. The standard InChI is InChI=1S/C14H20N2O3S/c17-13(12-2-1-9-20-12)16-4-3-14(18,11-16)10-15-5-7-19-8-6-15/h1-2,9,18H,3-8,10-11H2/t14-/m1/s1. The highest BCUT2D eigenvalue weighted by Gasteiger charge is 2.40. The summed E-state index contributed by atoms with van der Waals surface area (Å²) in [7, 11) is 0. The molecule has 0 unspecified atom stereocenters. The highest BCUT2D eigenvalue weighted by Crippen LogP contribution is 2.25. The molecule has 0 bridgehead atoms. The van der Waals surface area contributed by atoms with E-state index >= 15 is 0 Å². The average molecular weight is 296 g/mol. The van der Waals surface area contributed by atoms with Crippen LogP contribution in [-0.2, 0) is 4.74 Å². The van der Waals surface area contributed by atoms with Crippen LogP contribution in [0.25, 0.3) is 0 Å². The molecule has 6 heteroatoms. The van der Waals surface area contributed by atoms with E-state index < -0.39 is 5.60 Å². The lowest BCUT2D eigenvalue weighted by molar-refractivity contribution is -0.0257. The minimum absolute atomic E-state index is 0.0397. The molecule has 3 heterocycles. The summed E-state index contributed by atoms with van der Waals surface area (Å²) in [5, 5.41) is 12.6. The lowest BCUT2D eigenvalue weighted by Gasteiger charge is -2.33. The zero-order chi connectivity index (χ0) is 14.0. The second-order valence-electron chi connectivity index (χ2n) is 5.57. The SMILES string of the molecule is O=C(c1cccs1)N1CC[C@@](O)(CN2CCOCC2)C1. The highest BCUT2D eigenvalue weighted by atomic mass is 32.1. The van der Waals surface area contributed by atoms with Crippen LogP contribution >= 0.6 is 11.3 Å². The number of nitrogens with zero attached hydrogens (tertiary/aromatic N) is 2. The zero-order valence-electron chi connectivity index (χ0n) is 11.5. The summed E-state index contributed by atoms with van der Waals surface area (Å²) < 4.78 is 5.32.